The van der Waals surface area contributed by atoms with Crippen molar-refractivity contribution < 1.29 is 9.53 Å². The van der Waals surface area contributed by atoms with Gasteiger partial charge in [0.2, 0.25) is 0 Å². The molecule has 3 heteroatoms. The van der Waals surface area contributed by atoms with Gasteiger partial charge in [0.25, 0.3) is 0 Å². The fraction of sp³-hybridized carbons (Fsp3) is 0.909. The lowest BCUT2D eigenvalue weighted by Gasteiger charge is -2.12. The summed E-state index contributed by atoms with van der Waals surface area (Å²) in [6, 6.07) is 0. The van der Waals surface area contributed by atoms with Gasteiger partial charge in [0, 0.05) is 6.54 Å². The first kappa shape index (κ1) is 11.5. The first-order chi connectivity index (χ1) is 6.60. The second-order valence-corrected chi connectivity index (χ2v) is 4.66. The number of esters is 1. The van der Waals surface area contributed by atoms with Crippen molar-refractivity contribution >= 4 is 5.97 Å². The van der Waals surface area contributed by atoms with Crippen LogP contribution < -0.4 is 5.73 Å². The van der Waals surface area contributed by atoms with Crippen molar-refractivity contribution in [1.29, 1.82) is 0 Å². The summed E-state index contributed by atoms with van der Waals surface area (Å²) in [5.41, 5.74) is 5.23. The molecule has 14 heavy (non-hydrogen) atoms. The summed E-state index contributed by atoms with van der Waals surface area (Å²) < 4.78 is 5.19. The van der Waals surface area contributed by atoms with E-state index in [1.165, 1.54) is 0 Å². The lowest BCUT2D eigenvalue weighted by molar-refractivity contribution is -0.150. The molecule has 0 aromatic heterocycles. The van der Waals surface area contributed by atoms with E-state index in [-0.39, 0.29) is 11.4 Å². The van der Waals surface area contributed by atoms with E-state index in [4.69, 9.17) is 10.5 Å². The van der Waals surface area contributed by atoms with Crippen molar-refractivity contribution in [1.82, 2.24) is 0 Å². The predicted octanol–water partition coefficient (Wildman–Crippen LogP) is 1.70. The van der Waals surface area contributed by atoms with Crippen molar-refractivity contribution in [3.8, 4) is 0 Å². The Morgan fingerprint density at radius 3 is 2.57 bits per heavy atom. The molecule has 0 bridgehead atoms. The SMILES string of the molecule is CC(C)CCCOC(=O)C1(CN)CC1. The Morgan fingerprint density at radius 1 is 1.50 bits per heavy atom. The highest BCUT2D eigenvalue weighted by Gasteiger charge is 2.50. The molecule has 1 fully saturated rings. The highest BCUT2D eigenvalue weighted by molar-refractivity contribution is 5.80. The first-order valence-corrected chi connectivity index (χ1v) is 5.48. The molecule has 0 saturated heterocycles. The highest BCUT2D eigenvalue weighted by atomic mass is 16.5. The Labute approximate surface area is 86.0 Å². The van der Waals surface area contributed by atoms with Crippen molar-refractivity contribution in [2.75, 3.05) is 13.2 Å². The molecule has 2 N–H and O–H groups in total. The van der Waals surface area contributed by atoms with Gasteiger partial charge in [-0.05, 0) is 31.6 Å². The zero-order valence-electron chi connectivity index (χ0n) is 9.21. The molecule has 0 aromatic carbocycles. The molecule has 0 heterocycles. The van der Waals surface area contributed by atoms with Gasteiger partial charge < -0.3 is 10.5 Å². The summed E-state index contributed by atoms with van der Waals surface area (Å²) in [5.74, 6) is 0.599. The molecule has 0 aliphatic heterocycles. The maximum absolute atomic E-state index is 11.5. The second kappa shape index (κ2) is 4.78. The van der Waals surface area contributed by atoms with Crippen LogP contribution in [0.5, 0.6) is 0 Å². The standard InChI is InChI=1S/C11H21NO2/c1-9(2)4-3-7-14-10(13)11(8-12)5-6-11/h9H,3-8,12H2,1-2H3. The minimum atomic E-state index is -0.294. The van der Waals surface area contributed by atoms with Crippen LogP contribution in [0.25, 0.3) is 0 Å². The van der Waals surface area contributed by atoms with Gasteiger partial charge in [0.1, 0.15) is 0 Å². The third-order valence-electron chi connectivity index (χ3n) is 2.84. The van der Waals surface area contributed by atoms with Crippen LogP contribution in [0, 0.1) is 11.3 Å². The van der Waals surface area contributed by atoms with Gasteiger partial charge in [-0.2, -0.15) is 0 Å². The number of hydrogen-bond donors (Lipinski definition) is 1. The molecule has 82 valence electrons. The lowest BCUT2D eigenvalue weighted by Crippen LogP contribution is -2.27. The van der Waals surface area contributed by atoms with Crippen LogP contribution in [0.3, 0.4) is 0 Å². The van der Waals surface area contributed by atoms with Crippen molar-refractivity contribution in [3.63, 3.8) is 0 Å². The van der Waals surface area contributed by atoms with Gasteiger partial charge in [-0.25, -0.2) is 0 Å². The van der Waals surface area contributed by atoms with Crippen LogP contribution in [-0.2, 0) is 9.53 Å². The minimum absolute atomic E-state index is 0.0799. The summed E-state index contributed by atoms with van der Waals surface area (Å²) in [5, 5.41) is 0. The maximum Gasteiger partial charge on any atom is 0.313 e. The summed E-state index contributed by atoms with van der Waals surface area (Å²) in [4.78, 5) is 11.5. The van der Waals surface area contributed by atoms with Crippen LogP contribution in [0.2, 0.25) is 0 Å². The zero-order valence-corrected chi connectivity index (χ0v) is 9.21. The van der Waals surface area contributed by atoms with Crippen molar-refractivity contribution in [2.45, 2.75) is 39.5 Å². The average molecular weight is 199 g/mol. The number of carbonyl (C=O) groups excluding carboxylic acids is 1. The number of carbonyl (C=O) groups is 1. The quantitative estimate of drug-likeness (QED) is 0.523. The van der Waals surface area contributed by atoms with Crippen LogP contribution in [0.15, 0.2) is 0 Å². The molecule has 0 aromatic rings. The van der Waals surface area contributed by atoms with Crippen molar-refractivity contribution in [2.24, 2.45) is 17.1 Å². The number of ether oxygens (including phenoxy) is 1. The van der Waals surface area contributed by atoms with Gasteiger partial charge in [-0.1, -0.05) is 13.8 Å². The molecule has 0 radical (unpaired) electrons. The summed E-state index contributed by atoms with van der Waals surface area (Å²) in [7, 11) is 0. The molecule has 0 unspecified atom stereocenters. The molecule has 0 amide bonds. The average Bonchev–Trinajstić information content (AvgIpc) is 2.92. The smallest absolute Gasteiger partial charge is 0.313 e. The predicted molar refractivity (Wildman–Crippen MR) is 55.8 cm³/mol. The van der Waals surface area contributed by atoms with Crippen LogP contribution >= 0.6 is 0 Å². The Bertz CT molecular complexity index is 197. The van der Waals surface area contributed by atoms with E-state index >= 15 is 0 Å². The Balaban J connectivity index is 2.10. The van der Waals surface area contributed by atoms with E-state index in [0.717, 1.165) is 25.7 Å². The lowest BCUT2D eigenvalue weighted by atomic mass is 10.1. The fourth-order valence-corrected chi connectivity index (χ4v) is 1.45. The molecule has 0 spiro atoms. The third-order valence-corrected chi connectivity index (χ3v) is 2.84. The van der Waals surface area contributed by atoms with E-state index < -0.39 is 0 Å². The monoisotopic (exact) mass is 199 g/mol. The Hall–Kier alpha value is -0.570. The molecular weight excluding hydrogens is 178 g/mol. The van der Waals surface area contributed by atoms with Gasteiger partial charge >= 0.3 is 5.97 Å². The van der Waals surface area contributed by atoms with E-state index in [9.17, 15) is 4.79 Å². The summed E-state index contributed by atoms with van der Waals surface area (Å²) in [6.07, 6.45) is 3.89. The number of rotatable bonds is 6. The van der Waals surface area contributed by atoms with E-state index in [1.807, 2.05) is 0 Å². The van der Waals surface area contributed by atoms with E-state index in [0.29, 0.717) is 19.1 Å². The molecule has 1 rings (SSSR count). The van der Waals surface area contributed by atoms with Gasteiger partial charge in [0.05, 0.1) is 12.0 Å². The zero-order chi connectivity index (χ0) is 10.6. The molecular formula is C11H21NO2. The number of nitrogens with two attached hydrogens (primary N) is 1. The second-order valence-electron chi connectivity index (χ2n) is 4.66. The first-order valence-electron chi connectivity index (χ1n) is 5.48. The summed E-state index contributed by atoms with van der Waals surface area (Å²) >= 11 is 0. The molecule has 1 saturated carbocycles. The van der Waals surface area contributed by atoms with Crippen LogP contribution in [0.1, 0.15) is 39.5 Å². The normalized spacial score (nSPS) is 18.3. The van der Waals surface area contributed by atoms with Gasteiger partial charge in [-0.3, -0.25) is 4.79 Å². The largest absolute Gasteiger partial charge is 0.465 e. The van der Waals surface area contributed by atoms with E-state index in [2.05, 4.69) is 13.8 Å². The third kappa shape index (κ3) is 2.98. The summed E-state index contributed by atoms with van der Waals surface area (Å²) in [6.45, 7) is 5.34. The topological polar surface area (TPSA) is 52.3 Å². The molecule has 0 atom stereocenters. The highest BCUT2D eigenvalue weighted by Crippen LogP contribution is 2.45. The number of hydrogen-bond acceptors (Lipinski definition) is 3. The molecule has 1 aliphatic rings. The molecule has 3 nitrogen and oxygen atoms in total. The maximum atomic E-state index is 11.5. The minimum Gasteiger partial charge on any atom is -0.465 e. The molecule has 1 aliphatic carbocycles. The fourth-order valence-electron chi connectivity index (χ4n) is 1.45. The van der Waals surface area contributed by atoms with E-state index in [1.54, 1.807) is 0 Å². The van der Waals surface area contributed by atoms with Gasteiger partial charge in [-0.15, -0.1) is 0 Å². The Kier molecular flexibility index (Phi) is 3.93. The van der Waals surface area contributed by atoms with Gasteiger partial charge in [0.15, 0.2) is 0 Å². The Morgan fingerprint density at radius 2 is 2.14 bits per heavy atom. The van der Waals surface area contributed by atoms with Crippen LogP contribution in [0.4, 0.5) is 0 Å². The van der Waals surface area contributed by atoms with Crippen LogP contribution in [-0.4, -0.2) is 19.1 Å². The van der Waals surface area contributed by atoms with Crippen molar-refractivity contribution in [3.05, 3.63) is 0 Å².